The van der Waals surface area contributed by atoms with Crippen molar-refractivity contribution in [1.29, 1.82) is 0 Å². The Kier molecular flexibility index (Phi) is 8.43. The number of benzene rings is 2. The fourth-order valence-electron chi connectivity index (χ4n) is 3.84. The first-order chi connectivity index (χ1) is 16.9. The number of urea groups is 1. The Balaban J connectivity index is 1.33. The van der Waals surface area contributed by atoms with Crippen molar-refractivity contribution in [2.24, 2.45) is 0 Å². The molecule has 1 fully saturated rings. The number of ether oxygens (including phenoxy) is 1. The van der Waals surface area contributed by atoms with E-state index in [1.807, 2.05) is 0 Å². The average Bonchev–Trinajstić information content (AvgIpc) is 3.32. The third kappa shape index (κ3) is 6.62. The van der Waals surface area contributed by atoms with E-state index in [0.29, 0.717) is 27.2 Å². The molecule has 1 aliphatic carbocycles. The number of thiazole rings is 1. The second-order valence-corrected chi connectivity index (χ2v) is 9.77. The van der Waals surface area contributed by atoms with E-state index in [4.69, 9.17) is 27.9 Å². The highest BCUT2D eigenvalue weighted by molar-refractivity contribution is 7.09. The maximum atomic E-state index is 13.7. The van der Waals surface area contributed by atoms with E-state index in [2.05, 4.69) is 20.9 Å². The Bertz CT molecular complexity index is 1190. The predicted octanol–water partition coefficient (Wildman–Crippen LogP) is 6.03. The zero-order chi connectivity index (χ0) is 24.8. The maximum Gasteiger partial charge on any atom is 0.319 e. The summed E-state index contributed by atoms with van der Waals surface area (Å²) in [6.07, 6.45) is 3.29. The molecule has 0 bridgehead atoms. The van der Waals surface area contributed by atoms with Crippen LogP contribution < -0.4 is 20.7 Å². The van der Waals surface area contributed by atoms with Crippen LogP contribution in [0.1, 0.15) is 41.2 Å². The molecule has 11 heteroatoms. The third-order valence-electron chi connectivity index (χ3n) is 5.57. The van der Waals surface area contributed by atoms with Crippen LogP contribution in [-0.2, 0) is 6.61 Å². The molecule has 2 aromatic carbocycles. The molecular weight excluding hydrogens is 514 g/mol. The van der Waals surface area contributed by atoms with Gasteiger partial charge in [0.1, 0.15) is 17.3 Å². The van der Waals surface area contributed by atoms with Crippen molar-refractivity contribution >= 4 is 52.2 Å². The summed E-state index contributed by atoms with van der Waals surface area (Å²) in [5, 5.41) is 11.4. The first-order valence-electron chi connectivity index (χ1n) is 11.0. The minimum Gasteiger partial charge on any atom is -0.483 e. The molecule has 1 heterocycles. The number of rotatable bonds is 7. The molecule has 3 aromatic rings. The normalized spacial score (nSPS) is 17.5. The molecule has 35 heavy (non-hydrogen) atoms. The lowest BCUT2D eigenvalue weighted by molar-refractivity contribution is 0.0911. The molecule has 0 aliphatic heterocycles. The number of aromatic nitrogens is 1. The number of nitrogens with zero attached hydrogens (tertiary/aromatic N) is 1. The quantitative estimate of drug-likeness (QED) is 0.343. The highest BCUT2D eigenvalue weighted by atomic mass is 35.5. The van der Waals surface area contributed by atoms with Crippen LogP contribution in [0.2, 0.25) is 10.0 Å². The third-order valence-corrected chi connectivity index (χ3v) is 7.02. The number of carbonyl (C=O) groups is 2. The first-order valence-corrected chi connectivity index (χ1v) is 12.7. The molecule has 7 nitrogen and oxygen atoms in total. The number of halogens is 3. The summed E-state index contributed by atoms with van der Waals surface area (Å²) in [7, 11) is 0. The fourth-order valence-corrected chi connectivity index (χ4v) is 5.01. The van der Waals surface area contributed by atoms with Crippen LogP contribution in [0.15, 0.2) is 47.8 Å². The van der Waals surface area contributed by atoms with Crippen LogP contribution in [-0.4, -0.2) is 29.0 Å². The van der Waals surface area contributed by atoms with Crippen molar-refractivity contribution in [3.63, 3.8) is 0 Å². The highest BCUT2D eigenvalue weighted by Crippen LogP contribution is 2.30. The predicted molar refractivity (Wildman–Crippen MR) is 135 cm³/mol. The van der Waals surface area contributed by atoms with E-state index >= 15 is 0 Å². The van der Waals surface area contributed by atoms with Crippen LogP contribution in [0.3, 0.4) is 0 Å². The van der Waals surface area contributed by atoms with Gasteiger partial charge in [0.2, 0.25) is 0 Å². The summed E-state index contributed by atoms with van der Waals surface area (Å²) in [4.78, 5) is 29.7. The van der Waals surface area contributed by atoms with Crippen molar-refractivity contribution in [1.82, 2.24) is 15.6 Å². The molecular formula is C24H23Cl2FN4O3S. The van der Waals surface area contributed by atoms with Gasteiger partial charge in [-0.3, -0.25) is 4.79 Å². The number of anilines is 1. The van der Waals surface area contributed by atoms with Gasteiger partial charge in [0.25, 0.3) is 5.91 Å². The largest absolute Gasteiger partial charge is 0.483 e. The zero-order valence-corrected chi connectivity index (χ0v) is 20.9. The molecule has 3 amide bonds. The van der Waals surface area contributed by atoms with E-state index in [9.17, 15) is 14.0 Å². The van der Waals surface area contributed by atoms with Crippen molar-refractivity contribution in [2.75, 3.05) is 5.32 Å². The summed E-state index contributed by atoms with van der Waals surface area (Å²) in [5.74, 6) is -0.675. The van der Waals surface area contributed by atoms with Gasteiger partial charge in [-0.05, 0) is 37.1 Å². The Hall–Kier alpha value is -2.88. The van der Waals surface area contributed by atoms with Gasteiger partial charge in [-0.1, -0.05) is 54.2 Å². The van der Waals surface area contributed by atoms with E-state index < -0.39 is 11.8 Å². The SMILES string of the molecule is O=C(Nc1c(Cl)cccc1Cl)N[C@H]1CCCC[C@H]1NC(=O)c1csc(COc2ccccc2F)n1. The molecule has 0 unspecified atom stereocenters. The number of para-hydroxylation sites is 2. The zero-order valence-electron chi connectivity index (χ0n) is 18.5. The Labute approximate surface area is 216 Å². The molecule has 0 radical (unpaired) electrons. The molecule has 1 aromatic heterocycles. The lowest BCUT2D eigenvalue weighted by Gasteiger charge is -2.32. The fraction of sp³-hybridized carbons (Fsp3) is 0.292. The van der Waals surface area contributed by atoms with Gasteiger partial charge in [-0.2, -0.15) is 0 Å². The summed E-state index contributed by atoms with van der Waals surface area (Å²) in [5.41, 5.74) is 0.580. The van der Waals surface area contributed by atoms with E-state index in [1.54, 1.807) is 35.7 Å². The Morgan fingerprint density at radius 3 is 2.43 bits per heavy atom. The van der Waals surface area contributed by atoms with Gasteiger partial charge in [-0.25, -0.2) is 14.2 Å². The molecule has 4 rings (SSSR count). The van der Waals surface area contributed by atoms with Gasteiger partial charge >= 0.3 is 6.03 Å². The second-order valence-electron chi connectivity index (χ2n) is 8.01. The minimum absolute atomic E-state index is 0.0528. The standard InChI is InChI=1S/C24H23Cl2FN4O3S/c25-14-6-5-7-15(26)22(14)31-24(33)30-18-10-3-2-9-17(18)29-23(32)19-13-35-21(28-19)12-34-20-11-4-1-8-16(20)27/h1,4-8,11,13,17-18H,2-3,9-10,12H2,(H,29,32)(H2,30,31,33)/t17-,18+/m1/s1. The molecule has 0 spiro atoms. The number of amides is 3. The second kappa shape index (κ2) is 11.7. The van der Waals surface area contributed by atoms with Gasteiger partial charge in [0.15, 0.2) is 11.6 Å². The van der Waals surface area contributed by atoms with Crippen LogP contribution in [0.25, 0.3) is 0 Å². The average molecular weight is 537 g/mol. The summed E-state index contributed by atoms with van der Waals surface area (Å²) in [6, 6.07) is 10.1. The number of hydrogen-bond acceptors (Lipinski definition) is 5. The van der Waals surface area contributed by atoms with Crippen LogP contribution in [0.5, 0.6) is 5.75 Å². The van der Waals surface area contributed by atoms with E-state index in [0.717, 1.165) is 19.3 Å². The van der Waals surface area contributed by atoms with Crippen LogP contribution >= 0.6 is 34.5 Å². The lowest BCUT2D eigenvalue weighted by atomic mass is 9.90. The molecule has 1 saturated carbocycles. The number of carbonyl (C=O) groups excluding carboxylic acids is 2. The molecule has 184 valence electrons. The van der Waals surface area contributed by atoms with Crippen molar-refractivity contribution in [3.8, 4) is 5.75 Å². The van der Waals surface area contributed by atoms with Gasteiger partial charge in [-0.15, -0.1) is 11.3 Å². The topological polar surface area (TPSA) is 92.4 Å². The molecule has 1 aliphatic rings. The van der Waals surface area contributed by atoms with Gasteiger partial charge in [0.05, 0.1) is 21.8 Å². The summed E-state index contributed by atoms with van der Waals surface area (Å²) < 4.78 is 19.2. The maximum absolute atomic E-state index is 13.7. The van der Waals surface area contributed by atoms with Gasteiger partial charge in [0, 0.05) is 11.4 Å². The van der Waals surface area contributed by atoms with Crippen LogP contribution in [0.4, 0.5) is 14.9 Å². The van der Waals surface area contributed by atoms with Crippen molar-refractivity contribution in [2.45, 2.75) is 44.4 Å². The van der Waals surface area contributed by atoms with Gasteiger partial charge < -0.3 is 20.7 Å². The lowest BCUT2D eigenvalue weighted by Crippen LogP contribution is -2.54. The van der Waals surface area contributed by atoms with Crippen molar-refractivity contribution in [3.05, 3.63) is 74.4 Å². The van der Waals surface area contributed by atoms with Crippen LogP contribution in [0, 0.1) is 5.82 Å². The number of nitrogens with one attached hydrogen (secondary N) is 3. The minimum atomic E-state index is -0.460. The van der Waals surface area contributed by atoms with Crippen molar-refractivity contribution < 1.29 is 18.7 Å². The van der Waals surface area contributed by atoms with E-state index in [-0.39, 0.29) is 36.0 Å². The summed E-state index contributed by atoms with van der Waals surface area (Å²) >= 11 is 13.5. The summed E-state index contributed by atoms with van der Waals surface area (Å²) in [6.45, 7) is 0.0528. The highest BCUT2D eigenvalue weighted by Gasteiger charge is 2.29. The Morgan fingerprint density at radius 2 is 1.71 bits per heavy atom. The molecule has 0 saturated heterocycles. The Morgan fingerprint density at radius 1 is 1.03 bits per heavy atom. The molecule has 3 N–H and O–H groups in total. The monoisotopic (exact) mass is 536 g/mol. The smallest absolute Gasteiger partial charge is 0.319 e. The number of hydrogen-bond donors (Lipinski definition) is 3. The molecule has 2 atom stereocenters. The van der Waals surface area contributed by atoms with E-state index in [1.165, 1.54) is 23.5 Å². The first kappa shape index (κ1) is 25.2.